The smallest absolute Gasteiger partial charge is 0.457 e. The summed E-state index contributed by atoms with van der Waals surface area (Å²) < 4.78 is 34.2. The molecule has 0 aromatic rings. The molecule has 1 fully saturated rings. The van der Waals surface area contributed by atoms with Gasteiger partial charge in [-0.3, -0.25) is 13.8 Å². The van der Waals surface area contributed by atoms with Crippen molar-refractivity contribution in [1.29, 1.82) is 0 Å². The predicted molar refractivity (Wildman–Crippen MR) is 248 cm³/mol. The Bertz CT molecular complexity index is 1250. The van der Waals surface area contributed by atoms with E-state index >= 15 is 0 Å². The molecule has 13 heteroatoms. The second-order valence-electron chi connectivity index (χ2n) is 16.6. The van der Waals surface area contributed by atoms with Crippen LogP contribution in [0.4, 0.5) is 0 Å². The van der Waals surface area contributed by atoms with E-state index in [0.29, 0.717) is 13.0 Å². The molecule has 1 aliphatic rings. The molecular weight excluding hydrogens is 812 g/mol. The number of rotatable bonds is 40. The first-order valence-electron chi connectivity index (χ1n) is 24.1. The molecule has 0 bridgehead atoms. The number of ether oxygens (including phenoxy) is 2. The number of unbranched alkanes of at least 4 members (excludes halogenated alkanes) is 18. The summed E-state index contributed by atoms with van der Waals surface area (Å²) in [6.45, 7) is 4.10. The number of aliphatic hydroxyl groups excluding tert-OH is 5. The molecule has 62 heavy (non-hydrogen) atoms. The topological polar surface area (TPSA) is 192 Å². The molecule has 6 N–H and O–H groups in total. The number of carbonyl (C=O) groups excluding carboxylic acids is 1. The summed E-state index contributed by atoms with van der Waals surface area (Å²) in [6.07, 6.45) is 37.1. The highest BCUT2D eigenvalue weighted by Gasteiger charge is 2.51. The minimum absolute atomic E-state index is 0.0881. The first kappa shape index (κ1) is 58.1. The molecule has 0 aliphatic heterocycles. The van der Waals surface area contributed by atoms with Gasteiger partial charge in [-0.2, -0.15) is 0 Å². The van der Waals surface area contributed by atoms with Gasteiger partial charge < -0.3 is 39.9 Å². The van der Waals surface area contributed by atoms with Crippen LogP contribution in [-0.4, -0.2) is 98.9 Å². The van der Waals surface area contributed by atoms with Crippen LogP contribution < -0.4 is 0 Å². The fourth-order valence-electron chi connectivity index (χ4n) is 7.05. The van der Waals surface area contributed by atoms with Crippen molar-refractivity contribution in [3.05, 3.63) is 60.8 Å². The molecule has 1 rings (SSSR count). The third-order valence-electron chi connectivity index (χ3n) is 10.9. The Morgan fingerprint density at radius 1 is 0.532 bits per heavy atom. The summed E-state index contributed by atoms with van der Waals surface area (Å²) in [5.74, 6) is -0.497. The second-order valence-corrected chi connectivity index (χ2v) is 18.0. The normalized spacial score (nSPS) is 22.5. The third-order valence-corrected chi connectivity index (χ3v) is 11.9. The number of phosphoric ester groups is 1. The number of phosphoric acid groups is 1. The average Bonchev–Trinajstić information content (AvgIpc) is 3.26. The van der Waals surface area contributed by atoms with Gasteiger partial charge >= 0.3 is 13.8 Å². The summed E-state index contributed by atoms with van der Waals surface area (Å²) in [4.78, 5) is 23.2. The number of carbonyl (C=O) groups is 1. The molecule has 6 atom stereocenters. The third kappa shape index (κ3) is 31.0. The van der Waals surface area contributed by atoms with E-state index in [-0.39, 0.29) is 13.0 Å². The van der Waals surface area contributed by atoms with E-state index in [1.54, 1.807) is 0 Å². The molecule has 0 aromatic carbocycles. The van der Waals surface area contributed by atoms with E-state index in [9.17, 15) is 39.8 Å². The highest BCUT2D eigenvalue weighted by atomic mass is 31.2. The highest BCUT2D eigenvalue weighted by molar-refractivity contribution is 7.47. The van der Waals surface area contributed by atoms with Crippen molar-refractivity contribution in [2.45, 2.75) is 224 Å². The van der Waals surface area contributed by atoms with E-state index in [1.165, 1.54) is 70.6 Å². The fraction of sp³-hybridized carbons (Fsp3) is 0.776. The molecule has 1 aliphatic carbocycles. The van der Waals surface area contributed by atoms with Crippen molar-refractivity contribution in [3.63, 3.8) is 0 Å². The predicted octanol–water partition coefficient (Wildman–Crippen LogP) is 10.2. The highest BCUT2D eigenvalue weighted by Crippen LogP contribution is 2.47. The molecular formula is C49H87O12P. The van der Waals surface area contributed by atoms with Crippen LogP contribution in [0, 0.1) is 0 Å². The van der Waals surface area contributed by atoms with E-state index in [4.69, 9.17) is 18.5 Å². The van der Waals surface area contributed by atoms with Gasteiger partial charge in [0.05, 0.1) is 13.2 Å². The van der Waals surface area contributed by atoms with Gasteiger partial charge in [0.25, 0.3) is 0 Å². The van der Waals surface area contributed by atoms with Gasteiger partial charge in [0, 0.05) is 13.0 Å². The molecule has 12 nitrogen and oxygen atoms in total. The van der Waals surface area contributed by atoms with Crippen molar-refractivity contribution >= 4 is 13.8 Å². The van der Waals surface area contributed by atoms with Crippen LogP contribution in [0.3, 0.4) is 0 Å². The van der Waals surface area contributed by atoms with Crippen LogP contribution in [0.5, 0.6) is 0 Å². The van der Waals surface area contributed by atoms with E-state index < -0.39 is 63.1 Å². The fourth-order valence-corrected chi connectivity index (χ4v) is 8.02. The molecule has 0 amide bonds. The van der Waals surface area contributed by atoms with E-state index in [1.807, 2.05) is 0 Å². The standard InChI is InChI=1S/C49H87O12P/c1-3-5-7-9-11-13-15-17-19-20-21-22-23-25-27-29-31-33-35-37-39-58-40-42(41-59-62(56,57)61-49-47(54)45(52)44(51)46(53)48(49)55)60-43(50)38-36-34-32-30-28-26-24-18-16-14-12-10-8-6-4-2/h6,8,11-14,17-19,24,42,44-49,51-55H,3-5,7,9-10,15-16,20-23,25-41H2,1-2H3,(H,56,57)/b8-6-,13-11-,14-12-,19-17-,24-18-. The lowest BCUT2D eigenvalue weighted by molar-refractivity contribution is -0.220. The zero-order valence-corrected chi connectivity index (χ0v) is 39.3. The first-order chi connectivity index (χ1) is 30.0. The molecule has 0 saturated heterocycles. The Balaban J connectivity index is 2.37. The van der Waals surface area contributed by atoms with Crippen LogP contribution in [0.25, 0.3) is 0 Å². The molecule has 1 saturated carbocycles. The summed E-state index contributed by atoms with van der Waals surface area (Å²) in [6, 6.07) is 0. The van der Waals surface area contributed by atoms with Crippen molar-refractivity contribution < 1.29 is 58.3 Å². The lowest BCUT2D eigenvalue weighted by atomic mass is 9.85. The number of aliphatic hydroxyl groups is 5. The molecule has 360 valence electrons. The van der Waals surface area contributed by atoms with Gasteiger partial charge in [0.15, 0.2) is 0 Å². The molecule has 6 unspecified atom stereocenters. The lowest BCUT2D eigenvalue weighted by Gasteiger charge is -2.41. The van der Waals surface area contributed by atoms with Crippen LogP contribution >= 0.6 is 7.82 Å². The number of allylic oxidation sites excluding steroid dienone is 10. The van der Waals surface area contributed by atoms with Crippen LogP contribution in [-0.2, 0) is 27.9 Å². The molecule has 0 heterocycles. The Hall–Kier alpha value is -1.96. The Kier molecular flexibility index (Phi) is 36.9. The first-order valence-corrected chi connectivity index (χ1v) is 25.6. The Labute approximate surface area is 375 Å². The maximum absolute atomic E-state index is 12.8. The number of hydrogen-bond donors (Lipinski definition) is 6. The van der Waals surface area contributed by atoms with Gasteiger partial charge in [-0.25, -0.2) is 4.57 Å². The largest absolute Gasteiger partial charge is 0.472 e. The Morgan fingerprint density at radius 3 is 1.45 bits per heavy atom. The maximum atomic E-state index is 12.8. The summed E-state index contributed by atoms with van der Waals surface area (Å²) in [5, 5.41) is 50.2. The minimum atomic E-state index is -5.03. The maximum Gasteiger partial charge on any atom is 0.472 e. The van der Waals surface area contributed by atoms with Crippen LogP contribution in [0.15, 0.2) is 60.8 Å². The zero-order chi connectivity index (χ0) is 45.5. The monoisotopic (exact) mass is 899 g/mol. The SMILES string of the molecule is CC/C=C\C/C=C\C/C=C\CCCCCCCC(=O)OC(COCCCCCCCCCCCC/C=C\C/C=C\CCCCC)COP(=O)(O)OC1C(O)C(O)C(O)C(O)C1O. The van der Waals surface area contributed by atoms with Crippen molar-refractivity contribution in [1.82, 2.24) is 0 Å². The number of hydrogen-bond acceptors (Lipinski definition) is 11. The quantitative estimate of drug-likeness (QED) is 0.0148. The number of esters is 1. The zero-order valence-electron chi connectivity index (χ0n) is 38.4. The van der Waals surface area contributed by atoms with Crippen LogP contribution in [0.2, 0.25) is 0 Å². The van der Waals surface area contributed by atoms with Crippen molar-refractivity contribution in [2.24, 2.45) is 0 Å². The summed E-state index contributed by atoms with van der Waals surface area (Å²) in [5.41, 5.74) is 0. The molecule has 0 spiro atoms. The summed E-state index contributed by atoms with van der Waals surface area (Å²) in [7, 11) is -5.03. The van der Waals surface area contributed by atoms with Gasteiger partial charge in [0.1, 0.15) is 42.7 Å². The van der Waals surface area contributed by atoms with Crippen LogP contribution in [0.1, 0.15) is 181 Å². The van der Waals surface area contributed by atoms with Gasteiger partial charge in [0.2, 0.25) is 0 Å². The van der Waals surface area contributed by atoms with E-state index in [0.717, 1.165) is 83.5 Å². The lowest BCUT2D eigenvalue weighted by Crippen LogP contribution is -2.64. The van der Waals surface area contributed by atoms with Crippen molar-refractivity contribution in [2.75, 3.05) is 19.8 Å². The van der Waals surface area contributed by atoms with Gasteiger partial charge in [-0.05, 0) is 77.0 Å². The van der Waals surface area contributed by atoms with Crippen molar-refractivity contribution in [3.8, 4) is 0 Å². The van der Waals surface area contributed by atoms with E-state index in [2.05, 4.69) is 74.6 Å². The average molecular weight is 899 g/mol. The summed E-state index contributed by atoms with van der Waals surface area (Å²) >= 11 is 0. The van der Waals surface area contributed by atoms with Gasteiger partial charge in [-0.15, -0.1) is 0 Å². The molecule has 0 aromatic heterocycles. The second kappa shape index (κ2) is 39.4. The molecule has 0 radical (unpaired) electrons. The Morgan fingerprint density at radius 2 is 0.952 bits per heavy atom. The minimum Gasteiger partial charge on any atom is -0.457 e. The van der Waals surface area contributed by atoms with Gasteiger partial charge in [-0.1, -0.05) is 158 Å².